The van der Waals surface area contributed by atoms with Crippen molar-refractivity contribution in [1.29, 1.82) is 0 Å². The van der Waals surface area contributed by atoms with E-state index in [2.05, 4.69) is 5.32 Å². The number of hydrogen-bond acceptors (Lipinski definition) is 7. The fourth-order valence-electron chi connectivity index (χ4n) is 3.05. The number of rotatable bonds is 6. The monoisotopic (exact) mass is 443 g/mol. The fourth-order valence-corrected chi connectivity index (χ4v) is 3.52. The number of hydrogen-bond donors (Lipinski definition) is 1. The van der Waals surface area contributed by atoms with E-state index in [1.54, 1.807) is 56.8 Å². The van der Waals surface area contributed by atoms with Crippen molar-refractivity contribution in [2.45, 2.75) is 38.8 Å². The van der Waals surface area contributed by atoms with Gasteiger partial charge in [-0.25, -0.2) is 14.4 Å². The molecule has 7 nitrogen and oxygen atoms in total. The summed E-state index contributed by atoms with van der Waals surface area (Å²) in [5, 5.41) is 4.56. The second kappa shape index (κ2) is 9.43. The van der Waals surface area contributed by atoms with Gasteiger partial charge in [0.25, 0.3) is 0 Å². The number of carbonyl (C=O) groups is 2. The molecule has 1 heterocycles. The first-order chi connectivity index (χ1) is 14.7. The van der Waals surface area contributed by atoms with Crippen LogP contribution in [-0.2, 0) is 9.53 Å². The van der Waals surface area contributed by atoms with Gasteiger partial charge in [-0.3, -0.25) is 0 Å². The summed E-state index contributed by atoms with van der Waals surface area (Å²) < 4.78 is 16.1. The fraction of sp³-hybridized carbons (Fsp3) is 0.348. The molecule has 3 aromatic rings. The van der Waals surface area contributed by atoms with E-state index < -0.39 is 29.3 Å². The van der Waals surface area contributed by atoms with Crippen LogP contribution in [0.1, 0.15) is 27.2 Å². The van der Waals surface area contributed by atoms with Crippen molar-refractivity contribution in [3.8, 4) is 5.75 Å². The lowest BCUT2D eigenvalue weighted by molar-refractivity contribution is -0.136. The molecule has 164 valence electrons. The summed E-state index contributed by atoms with van der Waals surface area (Å²) in [5.74, 6) is 0.243. The third kappa shape index (κ3) is 5.79. The Labute approximate surface area is 184 Å². The minimum absolute atomic E-state index is 0.219. The normalized spacial score (nSPS) is 12.5. The zero-order chi connectivity index (χ0) is 22.6. The number of alkyl carbamates (subject to hydrolysis) is 1. The lowest BCUT2D eigenvalue weighted by atomic mass is 10.1. The molecular weight excluding hydrogens is 418 g/mol. The number of esters is 1. The highest BCUT2D eigenvalue weighted by Gasteiger charge is 2.26. The van der Waals surface area contributed by atoms with Gasteiger partial charge < -0.3 is 19.2 Å². The zero-order valence-electron chi connectivity index (χ0n) is 17.9. The van der Waals surface area contributed by atoms with Crippen LogP contribution in [0.2, 0.25) is 0 Å². The van der Waals surface area contributed by atoms with Gasteiger partial charge in [0.15, 0.2) is 0 Å². The average molecular weight is 444 g/mol. The molecule has 1 N–H and O–H groups in total. The van der Waals surface area contributed by atoms with E-state index in [0.29, 0.717) is 23.1 Å². The first-order valence-corrected chi connectivity index (χ1v) is 11.2. The maximum atomic E-state index is 12.7. The van der Waals surface area contributed by atoms with Crippen molar-refractivity contribution in [3.05, 3.63) is 52.9 Å². The Morgan fingerprint density at radius 1 is 1.10 bits per heavy atom. The lowest BCUT2D eigenvalue weighted by Gasteiger charge is -2.22. The maximum absolute atomic E-state index is 12.7. The Bertz CT molecular complexity index is 1160. The number of amides is 1. The number of thioether (sulfide) groups is 1. The minimum atomic E-state index is -0.874. The first kappa shape index (κ1) is 22.7. The molecule has 0 aliphatic carbocycles. The number of benzene rings is 2. The summed E-state index contributed by atoms with van der Waals surface area (Å²) in [6.45, 7) is 5.23. The van der Waals surface area contributed by atoms with Crippen molar-refractivity contribution in [1.82, 2.24) is 5.32 Å². The van der Waals surface area contributed by atoms with Crippen molar-refractivity contribution in [2.24, 2.45) is 0 Å². The predicted molar refractivity (Wildman–Crippen MR) is 122 cm³/mol. The number of ether oxygens (including phenoxy) is 2. The molecule has 0 radical (unpaired) electrons. The Morgan fingerprint density at radius 3 is 2.48 bits per heavy atom. The highest BCUT2D eigenvalue weighted by Crippen LogP contribution is 2.26. The molecule has 8 heteroatoms. The smallest absolute Gasteiger partial charge is 0.408 e. The van der Waals surface area contributed by atoms with Gasteiger partial charge in [0.2, 0.25) is 0 Å². The topological polar surface area (TPSA) is 94.8 Å². The standard InChI is InChI=1S/C23H25NO6S/c1-23(2,3)30-22(27)24-18(11-12-31-4)21(26)28-14-9-10-16-15-7-5-6-8-17(15)20(25)29-19(16)13-14/h5-10,13,18H,11-12H2,1-4H3,(H,24,27). The molecular formula is C23H25NO6S. The molecule has 1 aromatic heterocycles. The molecule has 0 aliphatic heterocycles. The van der Waals surface area contributed by atoms with Gasteiger partial charge in [-0.15, -0.1) is 0 Å². The second-order valence-electron chi connectivity index (χ2n) is 7.99. The van der Waals surface area contributed by atoms with Crippen LogP contribution in [0.5, 0.6) is 5.75 Å². The zero-order valence-corrected chi connectivity index (χ0v) is 18.7. The first-order valence-electron chi connectivity index (χ1n) is 9.84. The van der Waals surface area contributed by atoms with Gasteiger partial charge in [0, 0.05) is 11.5 Å². The summed E-state index contributed by atoms with van der Waals surface area (Å²) >= 11 is 1.55. The predicted octanol–water partition coefficient (Wildman–Crippen LogP) is 4.50. The van der Waals surface area contributed by atoms with Crippen molar-refractivity contribution in [2.75, 3.05) is 12.0 Å². The Morgan fingerprint density at radius 2 is 1.81 bits per heavy atom. The summed E-state index contributed by atoms with van der Waals surface area (Å²) in [6, 6.07) is 11.1. The Hall–Kier alpha value is -3.00. The van der Waals surface area contributed by atoms with E-state index in [1.165, 1.54) is 6.07 Å². The van der Waals surface area contributed by atoms with E-state index in [9.17, 15) is 14.4 Å². The highest BCUT2D eigenvalue weighted by molar-refractivity contribution is 7.98. The molecule has 0 spiro atoms. The van der Waals surface area contributed by atoms with Crippen LogP contribution in [0.3, 0.4) is 0 Å². The molecule has 0 saturated carbocycles. The molecule has 1 unspecified atom stereocenters. The van der Waals surface area contributed by atoms with E-state index in [4.69, 9.17) is 13.9 Å². The summed E-state index contributed by atoms with van der Waals surface area (Å²) in [7, 11) is 0. The van der Waals surface area contributed by atoms with E-state index >= 15 is 0 Å². The van der Waals surface area contributed by atoms with Gasteiger partial charge in [-0.1, -0.05) is 18.2 Å². The Kier molecular flexibility index (Phi) is 6.90. The SMILES string of the molecule is CSCCC(NC(=O)OC(C)(C)C)C(=O)Oc1ccc2c(c1)oc(=O)c1ccccc12. The molecule has 0 bridgehead atoms. The molecule has 3 rings (SSSR count). The highest BCUT2D eigenvalue weighted by atomic mass is 32.2. The average Bonchev–Trinajstić information content (AvgIpc) is 2.69. The number of fused-ring (bicyclic) bond motifs is 3. The molecule has 0 aliphatic rings. The van der Waals surface area contributed by atoms with Crippen LogP contribution in [0, 0.1) is 0 Å². The third-order valence-electron chi connectivity index (χ3n) is 4.40. The van der Waals surface area contributed by atoms with Crippen LogP contribution in [0.4, 0.5) is 4.79 Å². The van der Waals surface area contributed by atoms with Crippen LogP contribution in [-0.4, -0.2) is 35.7 Å². The number of nitrogens with one attached hydrogen (secondary N) is 1. The van der Waals surface area contributed by atoms with Crippen molar-refractivity contribution >= 4 is 45.6 Å². The maximum Gasteiger partial charge on any atom is 0.408 e. The van der Waals surface area contributed by atoms with Gasteiger partial charge in [-0.05, 0) is 62.8 Å². The Balaban J connectivity index is 1.82. The van der Waals surface area contributed by atoms with Gasteiger partial charge in [-0.2, -0.15) is 11.8 Å². The third-order valence-corrected chi connectivity index (χ3v) is 5.04. The summed E-state index contributed by atoms with van der Waals surface area (Å²) in [5.41, 5.74) is -0.831. The molecule has 1 amide bonds. The number of carbonyl (C=O) groups excluding carboxylic acids is 2. The lowest BCUT2D eigenvalue weighted by Crippen LogP contribution is -2.45. The minimum Gasteiger partial charge on any atom is -0.444 e. The largest absolute Gasteiger partial charge is 0.444 e. The molecule has 31 heavy (non-hydrogen) atoms. The van der Waals surface area contributed by atoms with Gasteiger partial charge in [0.05, 0.1) is 5.39 Å². The molecule has 1 atom stereocenters. The van der Waals surface area contributed by atoms with Crippen LogP contribution in [0.25, 0.3) is 21.7 Å². The van der Waals surface area contributed by atoms with Crippen LogP contribution >= 0.6 is 11.8 Å². The van der Waals surface area contributed by atoms with Crippen molar-refractivity contribution in [3.63, 3.8) is 0 Å². The van der Waals surface area contributed by atoms with Crippen LogP contribution < -0.4 is 15.7 Å². The van der Waals surface area contributed by atoms with Gasteiger partial charge >= 0.3 is 17.7 Å². The summed E-state index contributed by atoms with van der Waals surface area (Å²) in [4.78, 5) is 37.1. The molecule has 0 fully saturated rings. The van der Waals surface area contributed by atoms with Crippen LogP contribution in [0.15, 0.2) is 51.7 Å². The van der Waals surface area contributed by atoms with E-state index in [1.807, 2.05) is 18.4 Å². The summed E-state index contributed by atoms with van der Waals surface area (Å²) in [6.07, 6.45) is 1.60. The van der Waals surface area contributed by atoms with E-state index in [0.717, 1.165) is 10.8 Å². The molecule has 0 saturated heterocycles. The molecule has 2 aromatic carbocycles. The van der Waals surface area contributed by atoms with E-state index in [-0.39, 0.29) is 5.75 Å². The quantitative estimate of drug-likeness (QED) is 0.259. The second-order valence-corrected chi connectivity index (χ2v) is 8.98. The van der Waals surface area contributed by atoms with Gasteiger partial charge in [0.1, 0.15) is 23.0 Å². The van der Waals surface area contributed by atoms with Crippen molar-refractivity contribution < 1.29 is 23.5 Å².